The fourth-order valence-electron chi connectivity index (χ4n) is 2.56. The van der Waals surface area contributed by atoms with Gasteiger partial charge in [0.05, 0.1) is 31.6 Å². The Balaban J connectivity index is 1.83. The molecule has 7 nitrogen and oxygen atoms in total. The van der Waals surface area contributed by atoms with Crippen LogP contribution in [0.4, 0.5) is 11.4 Å². The summed E-state index contributed by atoms with van der Waals surface area (Å²) in [5.41, 5.74) is 1.69. The number of methoxy groups -OCH3 is 1. The summed E-state index contributed by atoms with van der Waals surface area (Å²) < 4.78 is 10.7. The van der Waals surface area contributed by atoms with Crippen LogP contribution in [0.3, 0.4) is 0 Å². The van der Waals surface area contributed by atoms with E-state index in [1.54, 1.807) is 7.11 Å². The third-order valence-electron chi connectivity index (χ3n) is 3.85. The van der Waals surface area contributed by atoms with E-state index in [0.717, 1.165) is 18.8 Å². The number of rotatable bonds is 4. The van der Waals surface area contributed by atoms with E-state index in [4.69, 9.17) is 9.47 Å². The third-order valence-corrected chi connectivity index (χ3v) is 3.85. The Bertz CT molecular complexity index is 761. The molecule has 126 valence electrons. The van der Waals surface area contributed by atoms with Crippen molar-refractivity contribution in [2.24, 2.45) is 0 Å². The molecule has 1 saturated heterocycles. The molecular weight excluding hydrogens is 310 g/mol. The van der Waals surface area contributed by atoms with Crippen molar-refractivity contribution in [3.8, 4) is 5.75 Å². The summed E-state index contributed by atoms with van der Waals surface area (Å²) in [5, 5.41) is 2.83. The number of hydrogen-bond acceptors (Lipinski definition) is 5. The summed E-state index contributed by atoms with van der Waals surface area (Å²) in [6, 6.07) is 8.46. The van der Waals surface area contributed by atoms with Gasteiger partial charge in [-0.3, -0.25) is 9.59 Å². The smallest absolute Gasteiger partial charge is 0.257 e. The van der Waals surface area contributed by atoms with E-state index in [1.807, 2.05) is 18.2 Å². The molecule has 1 aliphatic heterocycles. The molecule has 0 atom stereocenters. The maximum Gasteiger partial charge on any atom is 0.257 e. The molecule has 2 N–H and O–H groups in total. The van der Waals surface area contributed by atoms with Gasteiger partial charge in [0.1, 0.15) is 5.75 Å². The van der Waals surface area contributed by atoms with Crippen LogP contribution in [0, 0.1) is 0 Å². The number of benzene rings is 1. The number of morpholine rings is 1. The lowest BCUT2D eigenvalue weighted by molar-refractivity contribution is 0.102. The molecule has 0 bridgehead atoms. The molecule has 0 unspecified atom stereocenters. The number of ether oxygens (including phenoxy) is 2. The quantitative estimate of drug-likeness (QED) is 0.887. The standard InChI is InChI=1S/C17H19N3O4/c1-23-15-4-3-13(20-6-8-24-9-7-20)10-14(15)19-17(22)12-2-5-16(21)18-11-12/h2-5,10-11H,6-9H2,1H3,(H,18,21)(H,19,22). The topological polar surface area (TPSA) is 83.7 Å². The molecule has 1 aromatic heterocycles. The van der Waals surface area contributed by atoms with Crippen LogP contribution >= 0.6 is 0 Å². The highest BCUT2D eigenvalue weighted by Crippen LogP contribution is 2.30. The normalized spacial score (nSPS) is 14.3. The number of amides is 1. The molecule has 1 fully saturated rings. The predicted molar refractivity (Wildman–Crippen MR) is 91.0 cm³/mol. The first kappa shape index (κ1) is 16.1. The van der Waals surface area contributed by atoms with Gasteiger partial charge in [-0.25, -0.2) is 0 Å². The van der Waals surface area contributed by atoms with Crippen molar-refractivity contribution < 1.29 is 14.3 Å². The van der Waals surface area contributed by atoms with E-state index in [0.29, 0.717) is 30.2 Å². The Kier molecular flexibility index (Phi) is 4.81. The summed E-state index contributed by atoms with van der Waals surface area (Å²) in [5.74, 6) is 0.258. The number of nitrogens with zero attached hydrogens (tertiary/aromatic N) is 1. The highest BCUT2D eigenvalue weighted by molar-refractivity contribution is 6.05. The van der Waals surface area contributed by atoms with Gasteiger partial charge in [0.25, 0.3) is 5.91 Å². The van der Waals surface area contributed by atoms with Gasteiger partial charge in [0, 0.05) is 31.0 Å². The van der Waals surface area contributed by atoms with Crippen LogP contribution in [-0.4, -0.2) is 44.3 Å². The molecule has 3 rings (SSSR count). The molecule has 1 aliphatic rings. The van der Waals surface area contributed by atoms with Gasteiger partial charge < -0.3 is 24.7 Å². The second-order valence-electron chi connectivity index (χ2n) is 5.38. The van der Waals surface area contributed by atoms with Crippen molar-refractivity contribution in [1.29, 1.82) is 0 Å². The lowest BCUT2D eigenvalue weighted by Gasteiger charge is -2.29. The van der Waals surface area contributed by atoms with Gasteiger partial charge in [-0.15, -0.1) is 0 Å². The highest BCUT2D eigenvalue weighted by Gasteiger charge is 2.15. The Morgan fingerprint density at radius 3 is 2.71 bits per heavy atom. The third kappa shape index (κ3) is 3.57. The fourth-order valence-corrected chi connectivity index (χ4v) is 2.56. The van der Waals surface area contributed by atoms with Crippen LogP contribution in [0.5, 0.6) is 5.75 Å². The average Bonchev–Trinajstić information content (AvgIpc) is 2.63. The largest absolute Gasteiger partial charge is 0.495 e. The zero-order chi connectivity index (χ0) is 16.9. The first-order valence-electron chi connectivity index (χ1n) is 7.68. The second-order valence-corrected chi connectivity index (χ2v) is 5.38. The molecule has 2 aromatic rings. The zero-order valence-electron chi connectivity index (χ0n) is 13.4. The Morgan fingerprint density at radius 1 is 1.25 bits per heavy atom. The highest BCUT2D eigenvalue weighted by atomic mass is 16.5. The SMILES string of the molecule is COc1ccc(N2CCOCC2)cc1NC(=O)c1ccc(=O)[nH]c1. The molecule has 0 saturated carbocycles. The predicted octanol–water partition coefficient (Wildman–Crippen LogP) is 1.47. The molecule has 1 aromatic carbocycles. The molecule has 1 amide bonds. The number of pyridine rings is 1. The number of carbonyl (C=O) groups excluding carboxylic acids is 1. The lowest BCUT2D eigenvalue weighted by Crippen LogP contribution is -2.36. The minimum Gasteiger partial charge on any atom is -0.495 e. The number of H-pyrrole nitrogens is 1. The Hall–Kier alpha value is -2.80. The fraction of sp³-hybridized carbons (Fsp3) is 0.294. The molecule has 7 heteroatoms. The van der Waals surface area contributed by atoms with E-state index in [9.17, 15) is 9.59 Å². The second kappa shape index (κ2) is 7.18. The van der Waals surface area contributed by atoms with Crippen molar-refractivity contribution in [2.45, 2.75) is 0 Å². The summed E-state index contributed by atoms with van der Waals surface area (Å²) in [4.78, 5) is 28.1. The van der Waals surface area contributed by atoms with Crippen LogP contribution in [0.1, 0.15) is 10.4 Å². The van der Waals surface area contributed by atoms with Crippen molar-refractivity contribution in [3.05, 3.63) is 52.4 Å². The summed E-state index contributed by atoms with van der Waals surface area (Å²) >= 11 is 0. The minimum absolute atomic E-state index is 0.251. The first-order valence-corrected chi connectivity index (χ1v) is 7.68. The maximum absolute atomic E-state index is 12.4. The zero-order valence-corrected chi connectivity index (χ0v) is 13.4. The number of aromatic amines is 1. The number of anilines is 2. The van der Waals surface area contributed by atoms with E-state index < -0.39 is 0 Å². The van der Waals surface area contributed by atoms with Crippen molar-refractivity contribution in [3.63, 3.8) is 0 Å². The van der Waals surface area contributed by atoms with Crippen LogP contribution in [-0.2, 0) is 4.74 Å². The Morgan fingerprint density at radius 2 is 2.04 bits per heavy atom. The van der Waals surface area contributed by atoms with Gasteiger partial charge in [-0.1, -0.05) is 0 Å². The molecule has 2 heterocycles. The van der Waals surface area contributed by atoms with Crippen molar-refractivity contribution >= 4 is 17.3 Å². The number of hydrogen-bond donors (Lipinski definition) is 2. The van der Waals surface area contributed by atoms with Gasteiger partial charge in [-0.05, 0) is 24.3 Å². The van der Waals surface area contributed by atoms with Gasteiger partial charge in [-0.2, -0.15) is 0 Å². The molecule has 0 spiro atoms. The first-order chi connectivity index (χ1) is 11.7. The molecule has 24 heavy (non-hydrogen) atoms. The summed E-state index contributed by atoms with van der Waals surface area (Å²) in [6.07, 6.45) is 1.38. The van der Waals surface area contributed by atoms with Gasteiger partial charge >= 0.3 is 0 Å². The van der Waals surface area contributed by atoms with E-state index >= 15 is 0 Å². The van der Waals surface area contributed by atoms with E-state index in [-0.39, 0.29) is 11.5 Å². The van der Waals surface area contributed by atoms with E-state index in [2.05, 4.69) is 15.2 Å². The maximum atomic E-state index is 12.4. The molecule has 0 radical (unpaired) electrons. The van der Waals surface area contributed by atoms with Gasteiger partial charge in [0.15, 0.2) is 0 Å². The van der Waals surface area contributed by atoms with Crippen LogP contribution < -0.4 is 20.5 Å². The minimum atomic E-state index is -0.316. The molecular formula is C17H19N3O4. The average molecular weight is 329 g/mol. The summed E-state index contributed by atoms with van der Waals surface area (Å²) in [7, 11) is 1.55. The van der Waals surface area contributed by atoms with Crippen molar-refractivity contribution in [2.75, 3.05) is 43.6 Å². The number of carbonyl (C=O) groups is 1. The van der Waals surface area contributed by atoms with Crippen LogP contribution in [0.2, 0.25) is 0 Å². The monoisotopic (exact) mass is 329 g/mol. The van der Waals surface area contributed by atoms with Crippen LogP contribution in [0.25, 0.3) is 0 Å². The lowest BCUT2D eigenvalue weighted by atomic mass is 10.2. The Labute approximate surface area is 139 Å². The number of aromatic nitrogens is 1. The summed E-state index contributed by atoms with van der Waals surface area (Å²) in [6.45, 7) is 2.98. The van der Waals surface area contributed by atoms with Crippen LogP contribution in [0.15, 0.2) is 41.3 Å². The van der Waals surface area contributed by atoms with Gasteiger partial charge in [0.2, 0.25) is 5.56 Å². The number of nitrogens with one attached hydrogen (secondary N) is 2. The van der Waals surface area contributed by atoms with E-state index in [1.165, 1.54) is 18.3 Å². The molecule has 0 aliphatic carbocycles. The van der Waals surface area contributed by atoms with Crippen molar-refractivity contribution in [1.82, 2.24) is 4.98 Å².